The van der Waals surface area contributed by atoms with Crippen LogP contribution in [0.3, 0.4) is 0 Å². The maximum Gasteiger partial charge on any atom is 0.251 e. The van der Waals surface area contributed by atoms with E-state index in [1.165, 1.54) is 0 Å². The van der Waals surface area contributed by atoms with Gasteiger partial charge in [0.25, 0.3) is 5.91 Å². The van der Waals surface area contributed by atoms with E-state index in [9.17, 15) is 9.00 Å². The van der Waals surface area contributed by atoms with Crippen molar-refractivity contribution in [3.05, 3.63) is 59.3 Å². The third-order valence-electron chi connectivity index (χ3n) is 3.13. The molecule has 1 aromatic heterocycles. The third-order valence-corrected chi connectivity index (χ3v) is 3.87. The van der Waals surface area contributed by atoms with Crippen molar-refractivity contribution in [2.45, 2.75) is 19.2 Å². The number of rotatable bonds is 7. The minimum absolute atomic E-state index is 0.181. The van der Waals surface area contributed by atoms with E-state index in [0.717, 1.165) is 11.1 Å². The van der Waals surface area contributed by atoms with Crippen LogP contribution in [-0.4, -0.2) is 28.0 Å². The van der Waals surface area contributed by atoms with Crippen LogP contribution >= 0.6 is 0 Å². The quantitative estimate of drug-likeness (QED) is 0.845. The Hall–Kier alpha value is -2.21. The predicted octanol–water partition coefficient (Wildman–Crippen LogP) is 2.29. The van der Waals surface area contributed by atoms with Gasteiger partial charge in [-0.3, -0.25) is 9.00 Å². The van der Waals surface area contributed by atoms with Crippen molar-refractivity contribution in [3.63, 3.8) is 0 Å². The summed E-state index contributed by atoms with van der Waals surface area (Å²) >= 11 is 0. The molecule has 1 atom stereocenters. The fourth-order valence-electron chi connectivity index (χ4n) is 2.14. The number of benzene rings is 1. The van der Waals surface area contributed by atoms with E-state index < -0.39 is 10.8 Å². The Bertz CT molecular complexity index is 704. The number of ether oxygens (including phenoxy) is 1. The van der Waals surface area contributed by atoms with Gasteiger partial charge in [-0.1, -0.05) is 18.2 Å². The van der Waals surface area contributed by atoms with Gasteiger partial charge in [-0.25, -0.2) is 4.98 Å². The van der Waals surface area contributed by atoms with Crippen molar-refractivity contribution in [1.82, 2.24) is 10.3 Å². The first-order valence-corrected chi connectivity index (χ1v) is 9.06. The third kappa shape index (κ3) is 5.17. The minimum atomic E-state index is -0.933. The smallest absolute Gasteiger partial charge is 0.251 e. The first-order chi connectivity index (χ1) is 11.1. The zero-order valence-corrected chi connectivity index (χ0v) is 14.1. The summed E-state index contributed by atoms with van der Waals surface area (Å²) in [6.07, 6.45) is 3.30. The summed E-state index contributed by atoms with van der Waals surface area (Å²) in [6.45, 7) is 2.75. The van der Waals surface area contributed by atoms with Crippen LogP contribution in [0.1, 0.15) is 28.4 Å². The Morgan fingerprint density at radius 2 is 2.13 bits per heavy atom. The summed E-state index contributed by atoms with van der Waals surface area (Å²) in [5.41, 5.74) is 2.26. The second-order valence-corrected chi connectivity index (χ2v) is 6.44. The lowest BCUT2D eigenvalue weighted by atomic mass is 10.1. The molecule has 1 amide bonds. The standard InChI is InChI=1S/C17H20N2O3S/c1-3-22-17-15(8-5-9-18-17)11-19-16(20)14-7-4-6-13(10-14)12-23(2)21/h4-10H,3,11-12H2,1-2H3,(H,19,20). The number of pyridine rings is 1. The lowest BCUT2D eigenvalue weighted by Gasteiger charge is -2.10. The number of carbonyl (C=O) groups is 1. The van der Waals surface area contributed by atoms with Crippen LogP contribution in [-0.2, 0) is 23.1 Å². The number of nitrogens with zero attached hydrogens (tertiary/aromatic N) is 1. The molecule has 2 aromatic rings. The molecule has 0 aliphatic heterocycles. The highest BCUT2D eigenvalue weighted by Crippen LogP contribution is 2.14. The van der Waals surface area contributed by atoms with E-state index in [1.807, 2.05) is 19.1 Å². The van der Waals surface area contributed by atoms with Crippen molar-refractivity contribution in [1.29, 1.82) is 0 Å². The molecule has 0 fully saturated rings. The van der Waals surface area contributed by atoms with E-state index >= 15 is 0 Å². The molecule has 1 N–H and O–H groups in total. The summed E-state index contributed by atoms with van der Waals surface area (Å²) in [5.74, 6) is 0.795. The Morgan fingerprint density at radius 3 is 2.87 bits per heavy atom. The van der Waals surface area contributed by atoms with Crippen molar-refractivity contribution < 1.29 is 13.7 Å². The first kappa shape index (κ1) is 17.1. The molecule has 122 valence electrons. The van der Waals surface area contributed by atoms with Gasteiger partial charge in [0, 0.05) is 46.7 Å². The molecule has 0 radical (unpaired) electrons. The minimum Gasteiger partial charge on any atom is -0.478 e. The normalized spacial score (nSPS) is 11.7. The molecule has 0 aliphatic rings. The fraction of sp³-hybridized carbons (Fsp3) is 0.294. The molecule has 0 bridgehead atoms. The Balaban J connectivity index is 2.04. The molecule has 6 heteroatoms. The average Bonchev–Trinajstić information content (AvgIpc) is 2.53. The lowest BCUT2D eigenvalue weighted by Crippen LogP contribution is -2.23. The van der Waals surface area contributed by atoms with E-state index in [-0.39, 0.29) is 5.91 Å². The second kappa shape index (κ2) is 8.43. The molecule has 1 heterocycles. The van der Waals surface area contributed by atoms with Gasteiger partial charge in [0.15, 0.2) is 0 Å². The highest BCUT2D eigenvalue weighted by molar-refractivity contribution is 7.83. The zero-order chi connectivity index (χ0) is 16.7. The molecule has 2 rings (SSSR count). The van der Waals surface area contributed by atoms with Crippen LogP contribution < -0.4 is 10.1 Å². The van der Waals surface area contributed by atoms with Crippen LogP contribution in [0.15, 0.2) is 42.6 Å². The Labute approximate surface area is 138 Å². The number of aromatic nitrogens is 1. The highest BCUT2D eigenvalue weighted by Gasteiger charge is 2.09. The van der Waals surface area contributed by atoms with Crippen LogP contribution in [0.4, 0.5) is 0 Å². The predicted molar refractivity (Wildman–Crippen MR) is 90.8 cm³/mol. The largest absolute Gasteiger partial charge is 0.478 e. The number of nitrogens with one attached hydrogen (secondary N) is 1. The number of carbonyl (C=O) groups excluding carboxylic acids is 1. The molecular formula is C17H20N2O3S. The Kier molecular flexibility index (Phi) is 6.29. The monoisotopic (exact) mass is 332 g/mol. The van der Waals surface area contributed by atoms with Gasteiger partial charge < -0.3 is 10.1 Å². The summed E-state index contributed by atoms with van der Waals surface area (Å²) in [6, 6.07) is 10.9. The van der Waals surface area contributed by atoms with Crippen LogP contribution in [0.5, 0.6) is 5.88 Å². The van der Waals surface area contributed by atoms with Crippen molar-refractivity contribution >= 4 is 16.7 Å². The highest BCUT2D eigenvalue weighted by atomic mass is 32.2. The van der Waals surface area contributed by atoms with E-state index in [4.69, 9.17) is 4.74 Å². The number of hydrogen-bond donors (Lipinski definition) is 1. The maximum atomic E-state index is 12.3. The van der Waals surface area contributed by atoms with E-state index in [2.05, 4.69) is 10.3 Å². The molecule has 5 nitrogen and oxygen atoms in total. The second-order valence-electron chi connectivity index (χ2n) is 5.00. The van der Waals surface area contributed by atoms with E-state index in [1.54, 1.807) is 36.7 Å². The lowest BCUT2D eigenvalue weighted by molar-refractivity contribution is 0.0950. The fourth-order valence-corrected chi connectivity index (χ4v) is 2.79. The molecule has 0 aliphatic carbocycles. The first-order valence-electron chi connectivity index (χ1n) is 7.34. The molecule has 1 aromatic carbocycles. The van der Waals surface area contributed by atoms with Gasteiger partial charge in [0.05, 0.1) is 6.61 Å². The summed E-state index contributed by atoms with van der Waals surface area (Å²) in [5, 5.41) is 2.86. The van der Waals surface area contributed by atoms with Crippen molar-refractivity contribution in [2.75, 3.05) is 12.9 Å². The van der Waals surface area contributed by atoms with Gasteiger partial charge in [-0.15, -0.1) is 0 Å². The van der Waals surface area contributed by atoms with Crippen molar-refractivity contribution in [2.24, 2.45) is 0 Å². The SMILES string of the molecule is CCOc1ncccc1CNC(=O)c1cccc(CS(C)=O)c1. The maximum absolute atomic E-state index is 12.3. The van der Waals surface area contributed by atoms with Crippen LogP contribution in [0.2, 0.25) is 0 Å². The summed E-state index contributed by atoms with van der Waals surface area (Å²) < 4.78 is 16.7. The number of amides is 1. The van der Waals surface area contributed by atoms with Crippen LogP contribution in [0.25, 0.3) is 0 Å². The average molecular weight is 332 g/mol. The Morgan fingerprint density at radius 1 is 1.30 bits per heavy atom. The number of hydrogen-bond acceptors (Lipinski definition) is 4. The molecule has 0 saturated carbocycles. The van der Waals surface area contributed by atoms with Crippen molar-refractivity contribution in [3.8, 4) is 5.88 Å². The van der Waals surface area contributed by atoms with E-state index in [0.29, 0.717) is 30.3 Å². The van der Waals surface area contributed by atoms with Crippen LogP contribution in [0, 0.1) is 0 Å². The molecule has 1 unspecified atom stereocenters. The van der Waals surface area contributed by atoms with Gasteiger partial charge in [0.2, 0.25) is 5.88 Å². The zero-order valence-electron chi connectivity index (χ0n) is 13.2. The summed E-state index contributed by atoms with van der Waals surface area (Å²) in [4.78, 5) is 16.4. The van der Waals surface area contributed by atoms with Gasteiger partial charge in [-0.05, 0) is 30.7 Å². The topological polar surface area (TPSA) is 68.3 Å². The molecule has 0 spiro atoms. The summed E-state index contributed by atoms with van der Waals surface area (Å²) in [7, 11) is -0.933. The molecular weight excluding hydrogens is 312 g/mol. The van der Waals surface area contributed by atoms with Gasteiger partial charge in [-0.2, -0.15) is 0 Å². The van der Waals surface area contributed by atoms with Gasteiger partial charge in [0.1, 0.15) is 0 Å². The van der Waals surface area contributed by atoms with Gasteiger partial charge >= 0.3 is 0 Å². The molecule has 23 heavy (non-hydrogen) atoms. The molecule has 0 saturated heterocycles.